The Morgan fingerprint density at radius 3 is 2.44 bits per heavy atom. The van der Waals surface area contributed by atoms with Crippen molar-refractivity contribution in [1.29, 1.82) is 0 Å². The number of amides is 1. The van der Waals surface area contributed by atoms with E-state index >= 15 is 0 Å². The molecule has 0 atom stereocenters. The molecule has 0 aliphatic rings. The molecule has 0 unspecified atom stereocenters. The monoisotopic (exact) mass is 256 g/mol. The highest BCUT2D eigenvalue weighted by Gasteiger charge is 2.12. The summed E-state index contributed by atoms with van der Waals surface area (Å²) in [5.41, 5.74) is -0.184. The van der Waals surface area contributed by atoms with E-state index in [1.54, 1.807) is 0 Å². The Kier molecular flexibility index (Phi) is 6.28. The number of benzene rings is 1. The van der Waals surface area contributed by atoms with Crippen LogP contribution in [0.25, 0.3) is 0 Å². The Bertz CT molecular complexity index is 376. The molecule has 100 valence electrons. The smallest absolute Gasteiger partial charge is 0.224 e. The van der Waals surface area contributed by atoms with Gasteiger partial charge in [0.15, 0.2) is 0 Å². The van der Waals surface area contributed by atoms with Crippen LogP contribution in [0.5, 0.6) is 0 Å². The molecule has 5 heteroatoms. The van der Waals surface area contributed by atoms with Crippen molar-refractivity contribution in [3.8, 4) is 0 Å². The van der Waals surface area contributed by atoms with Crippen molar-refractivity contribution in [1.82, 2.24) is 10.6 Å². The van der Waals surface area contributed by atoms with Gasteiger partial charge in [-0.3, -0.25) is 4.79 Å². The number of carbonyl (C=O) groups excluding carboxylic acids is 1. The Morgan fingerprint density at radius 2 is 1.83 bits per heavy atom. The Labute approximate surface area is 106 Å². The van der Waals surface area contributed by atoms with E-state index in [0.717, 1.165) is 25.1 Å². The lowest BCUT2D eigenvalue weighted by Gasteiger charge is -2.07. The third-order valence-electron chi connectivity index (χ3n) is 2.45. The lowest BCUT2D eigenvalue weighted by Crippen LogP contribution is -2.33. The van der Waals surface area contributed by atoms with Crippen molar-refractivity contribution < 1.29 is 13.6 Å². The van der Waals surface area contributed by atoms with Crippen molar-refractivity contribution in [2.75, 3.05) is 19.6 Å². The average Bonchev–Trinajstić information content (AvgIpc) is 2.34. The summed E-state index contributed by atoms with van der Waals surface area (Å²) in [6.45, 7) is 4.04. The minimum Gasteiger partial charge on any atom is -0.355 e. The maximum absolute atomic E-state index is 13.3. The highest BCUT2D eigenvalue weighted by Crippen LogP contribution is 2.12. The largest absolute Gasteiger partial charge is 0.355 e. The van der Waals surface area contributed by atoms with E-state index in [0.29, 0.717) is 13.1 Å². The predicted molar refractivity (Wildman–Crippen MR) is 66.2 cm³/mol. The normalized spacial score (nSPS) is 10.4. The molecule has 0 radical (unpaired) electrons. The molecule has 2 N–H and O–H groups in total. The average molecular weight is 256 g/mol. The van der Waals surface area contributed by atoms with Gasteiger partial charge in [0.25, 0.3) is 0 Å². The van der Waals surface area contributed by atoms with Crippen LogP contribution >= 0.6 is 0 Å². The van der Waals surface area contributed by atoms with E-state index in [9.17, 15) is 13.6 Å². The molecule has 0 aliphatic heterocycles. The van der Waals surface area contributed by atoms with Crippen molar-refractivity contribution in [3.05, 3.63) is 35.4 Å². The summed E-state index contributed by atoms with van der Waals surface area (Å²) in [5.74, 6) is -1.75. The second-order valence-corrected chi connectivity index (χ2v) is 3.98. The van der Waals surface area contributed by atoms with Crippen molar-refractivity contribution >= 4 is 5.91 Å². The summed E-state index contributed by atoms with van der Waals surface area (Å²) in [6, 6.07) is 3.57. The van der Waals surface area contributed by atoms with Crippen LogP contribution in [-0.4, -0.2) is 25.5 Å². The number of nitrogens with one attached hydrogen (secondary N) is 2. The van der Waals surface area contributed by atoms with Crippen LogP contribution in [-0.2, 0) is 11.2 Å². The highest BCUT2D eigenvalue weighted by molar-refractivity contribution is 5.78. The van der Waals surface area contributed by atoms with Gasteiger partial charge in [0.1, 0.15) is 11.6 Å². The van der Waals surface area contributed by atoms with Gasteiger partial charge >= 0.3 is 0 Å². The van der Waals surface area contributed by atoms with E-state index in [2.05, 4.69) is 10.6 Å². The third-order valence-corrected chi connectivity index (χ3v) is 2.45. The Balaban J connectivity index is 2.36. The molecular formula is C13H18F2N2O. The molecule has 1 amide bonds. The highest BCUT2D eigenvalue weighted by atomic mass is 19.1. The molecule has 0 saturated heterocycles. The molecule has 0 fully saturated rings. The zero-order valence-corrected chi connectivity index (χ0v) is 10.4. The zero-order valence-electron chi connectivity index (χ0n) is 10.4. The summed E-state index contributed by atoms with van der Waals surface area (Å²) in [6.07, 6.45) is 0.751. The van der Waals surface area contributed by atoms with E-state index in [-0.39, 0.29) is 17.9 Å². The number of hydrogen-bond acceptors (Lipinski definition) is 2. The summed E-state index contributed by atoms with van der Waals surface area (Å²) in [4.78, 5) is 11.5. The van der Waals surface area contributed by atoms with Gasteiger partial charge in [-0.2, -0.15) is 0 Å². The van der Waals surface area contributed by atoms with E-state index in [4.69, 9.17) is 0 Å². The first-order chi connectivity index (χ1) is 8.65. The first kappa shape index (κ1) is 14.6. The lowest BCUT2D eigenvalue weighted by molar-refractivity contribution is -0.120. The van der Waals surface area contributed by atoms with Crippen LogP contribution in [0.4, 0.5) is 8.78 Å². The molecular weight excluding hydrogens is 238 g/mol. The molecule has 1 aromatic carbocycles. The molecule has 0 heterocycles. The van der Waals surface area contributed by atoms with Crippen LogP contribution in [0.15, 0.2) is 18.2 Å². The summed E-state index contributed by atoms with van der Waals surface area (Å²) < 4.78 is 26.5. The molecule has 0 aliphatic carbocycles. The van der Waals surface area contributed by atoms with Gasteiger partial charge in [-0.1, -0.05) is 13.0 Å². The van der Waals surface area contributed by atoms with Gasteiger partial charge in [-0.15, -0.1) is 0 Å². The number of carbonyl (C=O) groups is 1. The standard InChI is InChI=1S/C13H18F2N2O/c1-2-6-16-7-8-17-13(18)9-10-11(14)4-3-5-12(10)15/h3-5,16H,2,6-9H2,1H3,(H,17,18). The van der Waals surface area contributed by atoms with Crippen LogP contribution in [0.2, 0.25) is 0 Å². The van der Waals surface area contributed by atoms with Gasteiger partial charge in [-0.25, -0.2) is 8.78 Å². The molecule has 0 aromatic heterocycles. The first-order valence-electron chi connectivity index (χ1n) is 6.05. The molecule has 1 rings (SSSR count). The zero-order chi connectivity index (χ0) is 13.4. The van der Waals surface area contributed by atoms with Crippen LogP contribution < -0.4 is 10.6 Å². The number of rotatable bonds is 7. The second-order valence-electron chi connectivity index (χ2n) is 3.98. The molecule has 1 aromatic rings. The van der Waals surface area contributed by atoms with Gasteiger partial charge in [0.2, 0.25) is 5.91 Å². The van der Waals surface area contributed by atoms with E-state index in [1.165, 1.54) is 6.07 Å². The van der Waals surface area contributed by atoms with Crippen LogP contribution in [0, 0.1) is 11.6 Å². The SMILES string of the molecule is CCCNCCNC(=O)Cc1c(F)cccc1F. The van der Waals surface area contributed by atoms with E-state index < -0.39 is 11.6 Å². The quantitative estimate of drug-likeness (QED) is 0.728. The topological polar surface area (TPSA) is 41.1 Å². The van der Waals surface area contributed by atoms with Crippen molar-refractivity contribution in [2.24, 2.45) is 0 Å². The van der Waals surface area contributed by atoms with Gasteiger partial charge < -0.3 is 10.6 Å². The molecule has 0 saturated carbocycles. The van der Waals surface area contributed by atoms with Gasteiger partial charge in [0, 0.05) is 18.7 Å². The fourth-order valence-electron chi connectivity index (χ4n) is 1.52. The molecule has 0 bridgehead atoms. The Morgan fingerprint density at radius 1 is 1.17 bits per heavy atom. The van der Waals surface area contributed by atoms with Crippen molar-refractivity contribution in [2.45, 2.75) is 19.8 Å². The minimum atomic E-state index is -0.686. The third kappa shape index (κ3) is 4.79. The molecule has 3 nitrogen and oxygen atoms in total. The maximum Gasteiger partial charge on any atom is 0.224 e. The van der Waals surface area contributed by atoms with Crippen molar-refractivity contribution in [3.63, 3.8) is 0 Å². The van der Waals surface area contributed by atoms with Gasteiger partial charge in [-0.05, 0) is 25.1 Å². The second kappa shape index (κ2) is 7.76. The number of halogens is 2. The fourth-order valence-corrected chi connectivity index (χ4v) is 1.52. The fraction of sp³-hybridized carbons (Fsp3) is 0.462. The summed E-state index contributed by atoms with van der Waals surface area (Å²) >= 11 is 0. The van der Waals surface area contributed by atoms with Crippen LogP contribution in [0.1, 0.15) is 18.9 Å². The summed E-state index contributed by atoms with van der Waals surface area (Å²) in [7, 11) is 0. The lowest BCUT2D eigenvalue weighted by atomic mass is 10.1. The summed E-state index contributed by atoms with van der Waals surface area (Å²) in [5, 5.41) is 5.72. The molecule has 18 heavy (non-hydrogen) atoms. The van der Waals surface area contributed by atoms with Crippen LogP contribution in [0.3, 0.4) is 0 Å². The predicted octanol–water partition coefficient (Wildman–Crippen LogP) is 1.62. The van der Waals surface area contributed by atoms with Gasteiger partial charge in [0.05, 0.1) is 6.42 Å². The minimum absolute atomic E-state index is 0.184. The molecule has 0 spiro atoms. The Hall–Kier alpha value is -1.49. The first-order valence-corrected chi connectivity index (χ1v) is 6.05. The maximum atomic E-state index is 13.3. The van der Waals surface area contributed by atoms with E-state index in [1.807, 2.05) is 6.92 Å². The number of hydrogen-bond donors (Lipinski definition) is 2.